The summed E-state index contributed by atoms with van der Waals surface area (Å²) in [6, 6.07) is 5.72. The fourth-order valence-electron chi connectivity index (χ4n) is 8.61. The lowest BCUT2D eigenvalue weighted by molar-refractivity contribution is -0.235. The number of nitrogens with zero attached hydrogens (tertiary/aromatic N) is 2. The lowest BCUT2D eigenvalue weighted by Crippen LogP contribution is -2.69. The van der Waals surface area contributed by atoms with Crippen molar-refractivity contribution >= 4 is 35.7 Å². The van der Waals surface area contributed by atoms with E-state index in [1.165, 1.54) is 16.0 Å². The second-order valence-corrected chi connectivity index (χ2v) is 17.0. The Kier molecular flexibility index (Phi) is 10.9. The maximum atomic E-state index is 14.6. The molecule has 7 atom stereocenters. The molecular weight excluding hydrogens is 712 g/mol. The van der Waals surface area contributed by atoms with Crippen LogP contribution in [0.3, 0.4) is 0 Å². The first-order valence-electron chi connectivity index (χ1n) is 19.5. The number of aliphatic hydroxyl groups is 1. The highest BCUT2D eigenvalue weighted by Gasteiger charge is 2.78. The molecule has 6 aliphatic rings. The molecular formula is C40H54N4O11. The van der Waals surface area contributed by atoms with E-state index < -0.39 is 77.1 Å². The zero-order chi connectivity index (χ0) is 39.3. The monoisotopic (exact) mass is 766 g/mol. The molecule has 3 N–H and O–H groups in total. The molecule has 3 amide bonds. The van der Waals surface area contributed by atoms with E-state index in [4.69, 9.17) is 23.8 Å². The Morgan fingerprint density at radius 1 is 1.07 bits per heavy atom. The molecule has 0 aromatic heterocycles. The molecule has 3 heterocycles. The molecule has 300 valence electrons. The lowest BCUT2D eigenvalue weighted by Gasteiger charge is -2.48. The maximum absolute atomic E-state index is 14.6. The molecule has 1 aromatic rings. The molecule has 55 heavy (non-hydrogen) atoms. The Labute approximate surface area is 321 Å². The van der Waals surface area contributed by atoms with Gasteiger partial charge in [0.05, 0.1) is 19.2 Å². The zero-order valence-electron chi connectivity index (χ0n) is 32.3. The number of likely N-dealkylation sites (N-methyl/N-ethyl adjacent to an activating group) is 1. The molecule has 7 rings (SSSR count). The van der Waals surface area contributed by atoms with E-state index in [-0.39, 0.29) is 63.1 Å². The van der Waals surface area contributed by atoms with Crippen LogP contribution in [-0.2, 0) is 54.3 Å². The molecule has 3 saturated heterocycles. The van der Waals surface area contributed by atoms with Crippen molar-refractivity contribution in [1.82, 2.24) is 20.6 Å². The lowest BCUT2D eigenvalue weighted by atomic mass is 9.62. The van der Waals surface area contributed by atoms with Gasteiger partial charge in [-0.15, -0.1) is 0 Å². The number of aliphatic hydroxyl groups excluding tert-OH is 1. The van der Waals surface area contributed by atoms with Gasteiger partial charge in [-0.3, -0.25) is 28.8 Å². The first-order valence-corrected chi connectivity index (χ1v) is 19.5. The van der Waals surface area contributed by atoms with Gasteiger partial charge in [-0.05, 0) is 70.1 Å². The number of benzene rings is 1. The highest BCUT2D eigenvalue weighted by molar-refractivity contribution is 5.94. The van der Waals surface area contributed by atoms with E-state index in [2.05, 4.69) is 10.6 Å². The van der Waals surface area contributed by atoms with Gasteiger partial charge in [0, 0.05) is 57.8 Å². The molecule has 0 spiro atoms. The second kappa shape index (κ2) is 15.2. The quantitative estimate of drug-likeness (QED) is 0.175. The van der Waals surface area contributed by atoms with Crippen LogP contribution in [0.25, 0.3) is 6.08 Å². The van der Waals surface area contributed by atoms with Crippen LogP contribution in [0.1, 0.15) is 83.3 Å². The van der Waals surface area contributed by atoms with Gasteiger partial charge in [0.1, 0.15) is 35.4 Å². The van der Waals surface area contributed by atoms with Crippen molar-refractivity contribution in [2.45, 2.75) is 127 Å². The van der Waals surface area contributed by atoms with E-state index in [9.17, 15) is 29.1 Å². The Balaban J connectivity index is 1.08. The van der Waals surface area contributed by atoms with Gasteiger partial charge < -0.3 is 39.6 Å². The number of rotatable bonds is 15. The van der Waals surface area contributed by atoms with Gasteiger partial charge in [0.2, 0.25) is 17.7 Å². The van der Waals surface area contributed by atoms with Crippen molar-refractivity contribution < 1.29 is 52.9 Å². The standard InChI is InChI=1S/C40H54N4O11/c1-38(2,3)52-31(48)16-14-27(22-45)42-29(46)17-18-41-37(50)39-20-28-32-33(54-40(53-32,25-10-11-25)26-12-13-26)35(39)55-44(34(39)36(49)51-28)21-24-8-6-7-23(19-24)9-15-30(47)43(4)5/h6-9,15,19,25-28,32-35,45H,10-14,16-18,20-22H2,1-5H3,(H,41,50)(H,42,46)/t27-,28+,32-,33-,34-,35+,39-/m0/s1. The van der Waals surface area contributed by atoms with Crippen LogP contribution in [0.5, 0.6) is 0 Å². The molecule has 15 nitrogen and oxygen atoms in total. The van der Waals surface area contributed by atoms with Crippen LogP contribution in [0.2, 0.25) is 0 Å². The summed E-state index contributed by atoms with van der Waals surface area (Å²) < 4.78 is 25.1. The Morgan fingerprint density at radius 3 is 2.44 bits per heavy atom. The number of fused-ring (bicyclic) bond motifs is 4. The maximum Gasteiger partial charge on any atom is 0.327 e. The first kappa shape index (κ1) is 39.3. The summed E-state index contributed by atoms with van der Waals surface area (Å²) in [5.41, 5.74) is -0.480. The molecule has 0 radical (unpaired) electrons. The molecule has 3 aliphatic carbocycles. The number of hydroxylamine groups is 2. The minimum absolute atomic E-state index is 0.0203. The fourth-order valence-corrected chi connectivity index (χ4v) is 8.61. The van der Waals surface area contributed by atoms with Crippen LogP contribution < -0.4 is 10.6 Å². The van der Waals surface area contributed by atoms with Crippen LogP contribution >= 0.6 is 0 Å². The number of carbonyl (C=O) groups is 5. The third-order valence-electron chi connectivity index (χ3n) is 11.4. The fraction of sp³-hybridized carbons (Fsp3) is 0.675. The van der Waals surface area contributed by atoms with E-state index in [0.29, 0.717) is 0 Å². The molecule has 2 bridgehead atoms. The summed E-state index contributed by atoms with van der Waals surface area (Å²) >= 11 is 0. The van der Waals surface area contributed by atoms with Crippen LogP contribution in [0.4, 0.5) is 0 Å². The number of amides is 3. The molecule has 15 heteroatoms. The van der Waals surface area contributed by atoms with Crippen LogP contribution in [0, 0.1) is 17.3 Å². The van der Waals surface area contributed by atoms with Gasteiger partial charge in [-0.1, -0.05) is 24.3 Å². The topological polar surface area (TPSA) is 182 Å². The summed E-state index contributed by atoms with van der Waals surface area (Å²) in [6.07, 6.45) is 4.54. The van der Waals surface area contributed by atoms with Crippen LogP contribution in [0.15, 0.2) is 30.3 Å². The highest BCUT2D eigenvalue weighted by atomic mass is 16.8. The number of nitrogens with one attached hydrogen (secondary N) is 2. The predicted molar refractivity (Wildman–Crippen MR) is 195 cm³/mol. The molecule has 3 saturated carbocycles. The van der Waals surface area contributed by atoms with Gasteiger partial charge in [-0.2, -0.15) is 5.06 Å². The van der Waals surface area contributed by atoms with E-state index in [1.54, 1.807) is 40.9 Å². The van der Waals surface area contributed by atoms with Crippen molar-refractivity contribution in [2.24, 2.45) is 17.3 Å². The van der Waals surface area contributed by atoms with E-state index in [1.807, 2.05) is 24.3 Å². The largest absolute Gasteiger partial charge is 0.460 e. The predicted octanol–water partition coefficient (Wildman–Crippen LogP) is 1.99. The molecule has 1 aromatic carbocycles. The first-order chi connectivity index (χ1) is 26.1. The number of ether oxygens (including phenoxy) is 4. The van der Waals surface area contributed by atoms with Crippen molar-refractivity contribution in [2.75, 3.05) is 27.2 Å². The Bertz CT molecular complexity index is 1690. The average Bonchev–Trinajstić information content (AvgIpc) is 4.07. The van der Waals surface area contributed by atoms with Crippen molar-refractivity contribution in [1.29, 1.82) is 0 Å². The average molecular weight is 767 g/mol. The third kappa shape index (κ3) is 8.04. The molecule has 3 aliphatic heterocycles. The van der Waals surface area contributed by atoms with Gasteiger partial charge >= 0.3 is 11.9 Å². The van der Waals surface area contributed by atoms with E-state index >= 15 is 0 Å². The Morgan fingerprint density at radius 2 is 1.78 bits per heavy atom. The smallest absolute Gasteiger partial charge is 0.327 e. The number of esters is 2. The summed E-state index contributed by atoms with van der Waals surface area (Å²) in [4.78, 5) is 74.1. The number of hydrogen-bond acceptors (Lipinski definition) is 12. The SMILES string of the molecule is CN(C)C(=O)C=Cc1cccc(CN2O[C@@H]3[C@H]4OC(C5CC5)(C5CC5)O[C@H]4[C@H]4C[C@]3(C(=O)NCCC(=O)N[C@H](CO)CCC(=O)OC(C)(C)C)[C@@H]2C(=O)O4)c1. The summed E-state index contributed by atoms with van der Waals surface area (Å²) in [7, 11) is 3.35. The highest BCUT2D eigenvalue weighted by Crippen LogP contribution is 2.63. The Hall–Kier alpha value is -3.89. The molecule has 0 unspecified atom stereocenters. The summed E-state index contributed by atoms with van der Waals surface area (Å²) in [6.45, 7) is 5.02. The minimum atomic E-state index is -1.40. The second-order valence-electron chi connectivity index (χ2n) is 17.0. The van der Waals surface area contributed by atoms with E-state index in [0.717, 1.165) is 36.8 Å². The minimum Gasteiger partial charge on any atom is -0.460 e. The number of hydrogen-bond donors (Lipinski definition) is 3. The van der Waals surface area contributed by atoms with Crippen molar-refractivity contribution in [3.05, 3.63) is 41.5 Å². The zero-order valence-corrected chi connectivity index (χ0v) is 32.3. The normalized spacial score (nSPS) is 30.0. The third-order valence-corrected chi connectivity index (χ3v) is 11.4. The van der Waals surface area contributed by atoms with Gasteiger partial charge in [0.15, 0.2) is 11.8 Å². The number of carbonyl (C=O) groups excluding carboxylic acids is 5. The van der Waals surface area contributed by atoms with Gasteiger partial charge in [0.25, 0.3) is 0 Å². The van der Waals surface area contributed by atoms with Crippen molar-refractivity contribution in [3.63, 3.8) is 0 Å². The van der Waals surface area contributed by atoms with Gasteiger partial charge in [-0.25, -0.2) is 0 Å². The summed E-state index contributed by atoms with van der Waals surface area (Å²) in [5, 5.41) is 17.0. The molecule has 6 fully saturated rings. The van der Waals surface area contributed by atoms with Crippen LogP contribution in [-0.4, -0.2) is 120 Å². The summed E-state index contributed by atoms with van der Waals surface area (Å²) in [5.74, 6) is -2.36. The van der Waals surface area contributed by atoms with Crippen molar-refractivity contribution in [3.8, 4) is 0 Å².